The number of hydrogen-bond acceptors (Lipinski definition) is 6. The number of anilines is 1. The summed E-state index contributed by atoms with van der Waals surface area (Å²) >= 11 is 0.828. The number of nitrogens with zero attached hydrogens (tertiary/aromatic N) is 3. The molecule has 0 spiro atoms. The second-order valence-corrected chi connectivity index (χ2v) is 6.96. The van der Waals surface area contributed by atoms with Crippen molar-refractivity contribution in [2.24, 2.45) is 0 Å². The number of hydrogen-bond donors (Lipinski definition) is 2. The Morgan fingerprint density at radius 1 is 1.52 bits per heavy atom. The lowest BCUT2D eigenvalue weighted by atomic mass is 10.2. The second kappa shape index (κ2) is 5.45. The SMILES string of the molecule is CCc1ncc(S(=O)(=O)N(C)c2snc(C)c2C(=O)O)[nH]1. The van der Waals surface area contributed by atoms with Crippen LogP contribution in [0.1, 0.15) is 28.8 Å². The molecule has 10 heteroatoms. The fraction of sp³-hybridized carbons (Fsp3) is 0.364. The number of nitrogens with one attached hydrogen (secondary N) is 1. The van der Waals surface area contributed by atoms with Gasteiger partial charge in [0.1, 0.15) is 16.4 Å². The topological polar surface area (TPSA) is 116 Å². The third-order valence-corrected chi connectivity index (χ3v) is 5.72. The third-order valence-electron chi connectivity index (χ3n) is 2.92. The summed E-state index contributed by atoms with van der Waals surface area (Å²) in [4.78, 5) is 17.9. The first-order chi connectivity index (χ1) is 9.78. The van der Waals surface area contributed by atoms with E-state index >= 15 is 0 Å². The number of carbonyl (C=O) groups is 1. The monoisotopic (exact) mass is 330 g/mol. The van der Waals surface area contributed by atoms with Gasteiger partial charge in [-0.25, -0.2) is 9.78 Å². The third kappa shape index (κ3) is 2.63. The molecule has 0 saturated carbocycles. The van der Waals surface area contributed by atoms with Gasteiger partial charge in [0.15, 0.2) is 5.03 Å². The predicted molar refractivity (Wildman–Crippen MR) is 77.4 cm³/mol. The van der Waals surface area contributed by atoms with Crippen LogP contribution in [0.3, 0.4) is 0 Å². The number of aromatic carboxylic acids is 1. The first kappa shape index (κ1) is 15.4. The zero-order valence-electron chi connectivity index (χ0n) is 11.6. The van der Waals surface area contributed by atoms with Gasteiger partial charge in [0.25, 0.3) is 10.0 Å². The lowest BCUT2D eigenvalue weighted by Gasteiger charge is -2.16. The van der Waals surface area contributed by atoms with E-state index in [0.717, 1.165) is 15.8 Å². The van der Waals surface area contributed by atoms with Crippen LogP contribution in [0.2, 0.25) is 0 Å². The van der Waals surface area contributed by atoms with Crippen molar-refractivity contribution >= 4 is 32.5 Å². The smallest absolute Gasteiger partial charge is 0.340 e. The van der Waals surface area contributed by atoms with Crippen molar-refractivity contribution in [3.63, 3.8) is 0 Å². The first-order valence-electron chi connectivity index (χ1n) is 6.01. The molecule has 0 atom stereocenters. The minimum absolute atomic E-state index is 0.0626. The van der Waals surface area contributed by atoms with Gasteiger partial charge in [0.05, 0.1) is 11.9 Å². The molecule has 8 nitrogen and oxygen atoms in total. The molecule has 2 heterocycles. The fourth-order valence-electron chi connectivity index (χ4n) is 1.73. The molecule has 21 heavy (non-hydrogen) atoms. The number of carboxylic acid groups (broad SMARTS) is 1. The average Bonchev–Trinajstić information content (AvgIpc) is 3.03. The van der Waals surface area contributed by atoms with Crippen LogP contribution in [-0.4, -0.2) is 40.9 Å². The van der Waals surface area contributed by atoms with Crippen molar-refractivity contribution in [3.05, 3.63) is 23.3 Å². The molecule has 2 rings (SSSR count). The Labute approximate surface area is 125 Å². The standard InChI is InChI=1S/C11H14N4O4S2/c1-4-7-12-5-8(13-7)21(18,19)15(3)10-9(11(16)17)6(2)14-20-10/h5H,4H2,1-3H3,(H,12,13)(H,16,17). The Balaban J connectivity index is 2.48. The van der Waals surface area contributed by atoms with E-state index in [1.165, 1.54) is 20.2 Å². The van der Waals surface area contributed by atoms with Crippen LogP contribution in [0.4, 0.5) is 5.00 Å². The highest BCUT2D eigenvalue weighted by molar-refractivity contribution is 7.92. The van der Waals surface area contributed by atoms with Gasteiger partial charge in [0.2, 0.25) is 0 Å². The van der Waals surface area contributed by atoms with Crippen LogP contribution in [0.25, 0.3) is 0 Å². The molecule has 0 bridgehead atoms. The average molecular weight is 330 g/mol. The van der Waals surface area contributed by atoms with Crippen molar-refractivity contribution in [2.75, 3.05) is 11.4 Å². The minimum Gasteiger partial charge on any atom is -0.478 e. The molecule has 0 unspecified atom stereocenters. The normalized spacial score (nSPS) is 11.6. The van der Waals surface area contributed by atoms with Crippen LogP contribution in [-0.2, 0) is 16.4 Å². The number of sulfonamides is 1. The first-order valence-corrected chi connectivity index (χ1v) is 8.22. The molecule has 114 valence electrons. The Hall–Kier alpha value is -1.94. The fourth-order valence-corrected chi connectivity index (χ4v) is 3.92. The summed E-state index contributed by atoms with van der Waals surface area (Å²) in [7, 11) is -2.61. The highest BCUT2D eigenvalue weighted by atomic mass is 32.2. The van der Waals surface area contributed by atoms with Gasteiger partial charge in [-0.05, 0) is 18.5 Å². The van der Waals surface area contributed by atoms with Crippen LogP contribution in [0.15, 0.2) is 11.2 Å². The number of aryl methyl sites for hydroxylation is 2. The van der Waals surface area contributed by atoms with Gasteiger partial charge >= 0.3 is 5.97 Å². The van der Waals surface area contributed by atoms with Gasteiger partial charge in [-0.2, -0.15) is 12.8 Å². The quantitative estimate of drug-likeness (QED) is 0.852. The molecule has 0 aliphatic rings. The van der Waals surface area contributed by atoms with Crippen molar-refractivity contribution in [3.8, 4) is 0 Å². The van der Waals surface area contributed by atoms with Crippen LogP contribution in [0, 0.1) is 6.92 Å². The van der Waals surface area contributed by atoms with E-state index in [9.17, 15) is 18.3 Å². The van der Waals surface area contributed by atoms with Crippen molar-refractivity contribution < 1.29 is 18.3 Å². The number of aromatic amines is 1. The molecule has 0 aliphatic carbocycles. The molecule has 0 aliphatic heterocycles. The summed E-state index contributed by atoms with van der Waals surface area (Å²) in [5.41, 5.74) is 0.171. The zero-order chi connectivity index (χ0) is 15.8. The number of carboxylic acids is 1. The Morgan fingerprint density at radius 3 is 2.71 bits per heavy atom. The van der Waals surface area contributed by atoms with E-state index in [4.69, 9.17) is 0 Å². The maximum atomic E-state index is 12.5. The van der Waals surface area contributed by atoms with Crippen molar-refractivity contribution in [2.45, 2.75) is 25.3 Å². The minimum atomic E-state index is -3.90. The van der Waals surface area contributed by atoms with Gasteiger partial charge in [0, 0.05) is 13.5 Å². The Bertz CT molecular complexity index is 778. The summed E-state index contributed by atoms with van der Waals surface area (Å²) < 4.78 is 29.8. The van der Waals surface area contributed by atoms with Crippen LogP contribution < -0.4 is 4.31 Å². The molecule has 0 aromatic carbocycles. The summed E-state index contributed by atoms with van der Waals surface area (Å²) in [6.07, 6.45) is 1.79. The largest absolute Gasteiger partial charge is 0.478 e. The van der Waals surface area contributed by atoms with E-state index in [2.05, 4.69) is 14.3 Å². The predicted octanol–water partition coefficient (Wildman–Crippen LogP) is 1.26. The molecule has 2 aromatic rings. The number of rotatable bonds is 5. The molecular formula is C11H14N4O4S2. The van der Waals surface area contributed by atoms with Gasteiger partial charge in [-0.15, -0.1) is 0 Å². The molecule has 0 amide bonds. The van der Waals surface area contributed by atoms with E-state index in [0.29, 0.717) is 12.2 Å². The lowest BCUT2D eigenvalue weighted by Crippen LogP contribution is -2.27. The summed E-state index contributed by atoms with van der Waals surface area (Å²) in [6, 6.07) is 0. The van der Waals surface area contributed by atoms with Crippen molar-refractivity contribution in [1.82, 2.24) is 14.3 Å². The highest BCUT2D eigenvalue weighted by Crippen LogP contribution is 2.31. The summed E-state index contributed by atoms with van der Waals surface area (Å²) in [5.74, 6) is -0.668. The van der Waals surface area contributed by atoms with Gasteiger partial charge in [-0.3, -0.25) is 4.31 Å². The maximum Gasteiger partial charge on any atom is 0.340 e. The number of H-pyrrole nitrogens is 1. The maximum absolute atomic E-state index is 12.5. The molecule has 0 saturated heterocycles. The van der Waals surface area contributed by atoms with E-state index in [1.54, 1.807) is 0 Å². The molecule has 0 fully saturated rings. The molecular weight excluding hydrogens is 316 g/mol. The molecule has 2 N–H and O–H groups in total. The molecule has 2 aromatic heterocycles. The van der Waals surface area contributed by atoms with E-state index in [1.807, 2.05) is 6.92 Å². The summed E-state index contributed by atoms with van der Waals surface area (Å²) in [6.45, 7) is 3.36. The van der Waals surface area contributed by atoms with E-state index in [-0.39, 0.29) is 21.3 Å². The second-order valence-electron chi connectivity index (χ2n) is 4.27. The van der Waals surface area contributed by atoms with Crippen LogP contribution in [0.5, 0.6) is 0 Å². The van der Waals surface area contributed by atoms with E-state index < -0.39 is 16.0 Å². The van der Waals surface area contributed by atoms with Crippen LogP contribution >= 0.6 is 11.5 Å². The Kier molecular flexibility index (Phi) is 4.01. The molecule has 0 radical (unpaired) electrons. The number of imidazole rings is 1. The highest BCUT2D eigenvalue weighted by Gasteiger charge is 2.30. The van der Waals surface area contributed by atoms with Gasteiger partial charge < -0.3 is 10.1 Å². The lowest BCUT2D eigenvalue weighted by molar-refractivity contribution is 0.0697. The Morgan fingerprint density at radius 2 is 2.19 bits per heavy atom. The number of aromatic nitrogens is 3. The zero-order valence-corrected chi connectivity index (χ0v) is 13.2. The summed E-state index contributed by atoms with van der Waals surface area (Å²) in [5, 5.41) is 9.17. The van der Waals surface area contributed by atoms with Gasteiger partial charge in [-0.1, -0.05) is 6.92 Å². The van der Waals surface area contributed by atoms with Crippen molar-refractivity contribution in [1.29, 1.82) is 0 Å².